The molecule has 3 aromatic rings. The van der Waals surface area contributed by atoms with Crippen LogP contribution in [0.3, 0.4) is 0 Å². The van der Waals surface area contributed by atoms with Crippen LogP contribution in [0.1, 0.15) is 17.5 Å². The summed E-state index contributed by atoms with van der Waals surface area (Å²) in [4.78, 5) is 3.56. The summed E-state index contributed by atoms with van der Waals surface area (Å²) >= 11 is 0. The van der Waals surface area contributed by atoms with Gasteiger partial charge >= 0.3 is 0 Å². The first kappa shape index (κ1) is 22.1. The van der Waals surface area contributed by atoms with Gasteiger partial charge < -0.3 is 24.7 Å². The van der Waals surface area contributed by atoms with Gasteiger partial charge in [0.05, 0.1) is 44.3 Å². The molecule has 1 aliphatic heterocycles. The highest BCUT2D eigenvalue weighted by Crippen LogP contribution is 2.38. The number of hydrogen-bond acceptors (Lipinski definition) is 6. The van der Waals surface area contributed by atoms with Crippen molar-refractivity contribution in [1.29, 1.82) is 0 Å². The first-order chi connectivity index (χ1) is 14.6. The molecule has 3 atom stereocenters. The Labute approximate surface area is 175 Å². The maximum Gasteiger partial charge on any atom is 0.180 e. The second-order valence-corrected chi connectivity index (χ2v) is 7.24. The molecule has 0 bridgehead atoms. The van der Waals surface area contributed by atoms with Crippen LogP contribution in [0.2, 0.25) is 0 Å². The Balaban J connectivity index is 0.000000448. The Morgan fingerprint density at radius 3 is 2.57 bits per heavy atom. The van der Waals surface area contributed by atoms with Gasteiger partial charge in [-0.1, -0.05) is 48.5 Å². The van der Waals surface area contributed by atoms with Gasteiger partial charge in [-0.3, -0.25) is 0 Å². The fourth-order valence-corrected chi connectivity index (χ4v) is 3.55. The van der Waals surface area contributed by atoms with E-state index in [0.717, 1.165) is 5.56 Å². The Morgan fingerprint density at radius 1 is 1.17 bits per heavy atom. The van der Waals surface area contributed by atoms with Gasteiger partial charge in [-0.25, -0.2) is 9.37 Å². The van der Waals surface area contributed by atoms with Crippen LogP contribution >= 0.6 is 0 Å². The summed E-state index contributed by atoms with van der Waals surface area (Å²) < 4.78 is 30.3. The monoisotopic (exact) mass is 414 g/mol. The van der Waals surface area contributed by atoms with E-state index < -0.39 is 5.54 Å². The van der Waals surface area contributed by atoms with E-state index >= 15 is 0 Å². The fourth-order valence-electron chi connectivity index (χ4n) is 3.55. The number of aliphatic hydroxyl groups is 1. The van der Waals surface area contributed by atoms with Gasteiger partial charge in [-0.05, 0) is 18.1 Å². The molecule has 0 amide bonds. The molecule has 0 saturated carbocycles. The topological polar surface area (TPSA) is 90.7 Å². The molecule has 0 spiro atoms. The Bertz CT molecular complexity index is 845. The second-order valence-electron chi connectivity index (χ2n) is 7.24. The molecule has 3 N–H and O–H groups in total. The van der Waals surface area contributed by atoms with Crippen molar-refractivity contribution in [2.24, 2.45) is 11.7 Å². The zero-order chi connectivity index (χ0) is 21.2. The quantitative estimate of drug-likeness (QED) is 0.643. The van der Waals surface area contributed by atoms with Crippen LogP contribution < -0.4 is 5.73 Å². The molecule has 1 aliphatic rings. The van der Waals surface area contributed by atoms with Crippen molar-refractivity contribution in [2.45, 2.75) is 24.7 Å². The highest BCUT2D eigenvalue weighted by molar-refractivity contribution is 5.28. The fraction of sp³-hybridized carbons (Fsp3) is 0.348. The summed E-state index contributed by atoms with van der Waals surface area (Å²) in [6.45, 7) is 0.991. The van der Waals surface area contributed by atoms with E-state index in [2.05, 4.69) is 9.40 Å². The number of hydrogen-bond donors (Lipinski definition) is 2. The Kier molecular flexibility index (Phi) is 8.10. The molecule has 1 aromatic heterocycles. The van der Waals surface area contributed by atoms with Crippen LogP contribution in [-0.4, -0.2) is 36.0 Å². The minimum absolute atomic E-state index is 0.150. The van der Waals surface area contributed by atoms with Gasteiger partial charge in [0, 0.05) is 11.5 Å². The maximum atomic E-state index is 14.3. The highest BCUT2D eigenvalue weighted by atomic mass is 19.1. The molecule has 0 unspecified atom stereocenters. The van der Waals surface area contributed by atoms with E-state index in [1.54, 1.807) is 24.4 Å². The number of ether oxygens (including phenoxy) is 2. The van der Waals surface area contributed by atoms with Crippen LogP contribution in [0.15, 0.2) is 77.9 Å². The molecule has 160 valence electrons. The average molecular weight is 414 g/mol. The standard InChI is InChI=1S/C20H24FNO3.C3H3NO/c21-19-9-5-4-8-18(19)20(22)10-17(25-13-16(20)11-23)14-24-12-15-6-2-1-3-7-15;1-2-5-3-4-1/h1-9,16-17,23H,10-14,22H2;1-3H/t16-,17-,20+;/m1./s1. The highest BCUT2D eigenvalue weighted by Gasteiger charge is 2.44. The number of aromatic nitrogens is 1. The van der Waals surface area contributed by atoms with Crippen molar-refractivity contribution in [3.8, 4) is 0 Å². The van der Waals surface area contributed by atoms with E-state index in [-0.39, 0.29) is 31.1 Å². The molecule has 6 nitrogen and oxygen atoms in total. The third-order valence-electron chi connectivity index (χ3n) is 5.19. The number of oxazole rings is 1. The average Bonchev–Trinajstić information content (AvgIpc) is 3.35. The Hall–Kier alpha value is -2.58. The minimum atomic E-state index is -0.973. The lowest BCUT2D eigenvalue weighted by Crippen LogP contribution is -2.55. The lowest BCUT2D eigenvalue weighted by Gasteiger charge is -2.44. The van der Waals surface area contributed by atoms with Crippen molar-refractivity contribution < 1.29 is 23.4 Å². The lowest BCUT2D eigenvalue weighted by molar-refractivity contribution is -0.105. The third-order valence-corrected chi connectivity index (χ3v) is 5.19. The number of halogens is 1. The van der Waals surface area contributed by atoms with E-state index in [9.17, 15) is 9.50 Å². The number of nitrogens with two attached hydrogens (primary N) is 1. The molecule has 1 fully saturated rings. The van der Waals surface area contributed by atoms with Gasteiger partial charge in [-0.2, -0.15) is 0 Å². The van der Waals surface area contributed by atoms with E-state index in [4.69, 9.17) is 15.2 Å². The van der Waals surface area contributed by atoms with Gasteiger partial charge in [0.1, 0.15) is 12.1 Å². The molecule has 7 heteroatoms. The Morgan fingerprint density at radius 2 is 1.93 bits per heavy atom. The first-order valence-corrected chi connectivity index (χ1v) is 9.83. The zero-order valence-corrected chi connectivity index (χ0v) is 16.7. The number of aliphatic hydroxyl groups excluding tert-OH is 1. The number of benzene rings is 2. The molecular formula is C23H27FN2O4. The van der Waals surface area contributed by atoms with Crippen LogP contribution in [0, 0.1) is 11.7 Å². The van der Waals surface area contributed by atoms with Crippen LogP contribution in [0.5, 0.6) is 0 Å². The van der Waals surface area contributed by atoms with Gasteiger partial charge in [-0.15, -0.1) is 0 Å². The summed E-state index contributed by atoms with van der Waals surface area (Å²) in [5.74, 6) is -0.705. The lowest BCUT2D eigenvalue weighted by atomic mass is 9.74. The normalized spacial score (nSPS) is 23.4. The second kappa shape index (κ2) is 11.0. The van der Waals surface area contributed by atoms with Crippen molar-refractivity contribution in [2.75, 3.05) is 19.8 Å². The summed E-state index contributed by atoms with van der Waals surface area (Å²) in [6, 6.07) is 16.4. The van der Waals surface area contributed by atoms with Crippen LogP contribution in [0.25, 0.3) is 0 Å². The molecule has 4 rings (SSSR count). The summed E-state index contributed by atoms with van der Waals surface area (Å²) in [7, 11) is 0. The van der Waals surface area contributed by atoms with Gasteiger partial charge in [0.2, 0.25) is 0 Å². The third kappa shape index (κ3) is 5.73. The summed E-state index contributed by atoms with van der Waals surface area (Å²) in [5, 5.41) is 9.68. The molecule has 1 saturated heterocycles. The van der Waals surface area contributed by atoms with Gasteiger partial charge in [0.25, 0.3) is 0 Å². The van der Waals surface area contributed by atoms with Crippen molar-refractivity contribution in [1.82, 2.24) is 4.98 Å². The SMILES string of the molecule is N[C@@]1(c2ccccc2F)C[C@H](COCc2ccccc2)OC[C@H]1CO.c1cocn1. The van der Waals surface area contributed by atoms with Crippen molar-refractivity contribution in [3.05, 3.63) is 90.4 Å². The van der Waals surface area contributed by atoms with Crippen molar-refractivity contribution in [3.63, 3.8) is 0 Å². The predicted molar refractivity (Wildman–Crippen MR) is 110 cm³/mol. The summed E-state index contributed by atoms with van der Waals surface area (Å²) in [6.07, 6.45) is 4.63. The largest absolute Gasteiger partial charge is 0.452 e. The maximum absolute atomic E-state index is 14.3. The molecular weight excluding hydrogens is 387 g/mol. The molecule has 30 heavy (non-hydrogen) atoms. The smallest absolute Gasteiger partial charge is 0.180 e. The zero-order valence-electron chi connectivity index (χ0n) is 16.7. The van der Waals surface area contributed by atoms with Gasteiger partial charge in [0.15, 0.2) is 6.39 Å². The molecule has 2 aromatic carbocycles. The van der Waals surface area contributed by atoms with Crippen molar-refractivity contribution >= 4 is 0 Å². The van der Waals surface area contributed by atoms with Crippen LogP contribution in [0.4, 0.5) is 4.39 Å². The minimum Gasteiger partial charge on any atom is -0.452 e. The van der Waals surface area contributed by atoms with E-state index in [0.29, 0.717) is 25.2 Å². The molecule has 0 radical (unpaired) electrons. The number of nitrogens with zero attached hydrogens (tertiary/aromatic N) is 1. The molecule has 2 heterocycles. The number of rotatable bonds is 6. The summed E-state index contributed by atoms with van der Waals surface area (Å²) in [5.41, 5.74) is 7.11. The first-order valence-electron chi connectivity index (χ1n) is 9.83. The van der Waals surface area contributed by atoms with E-state index in [1.807, 2.05) is 30.3 Å². The molecule has 0 aliphatic carbocycles. The van der Waals surface area contributed by atoms with E-state index in [1.165, 1.54) is 18.7 Å². The van der Waals surface area contributed by atoms with Crippen LogP contribution in [-0.2, 0) is 21.6 Å². The predicted octanol–water partition coefficient (Wildman–Crippen LogP) is 3.27.